The van der Waals surface area contributed by atoms with Crippen LogP contribution in [0.4, 0.5) is 17.6 Å². The van der Waals surface area contributed by atoms with E-state index in [-0.39, 0.29) is 0 Å². The highest BCUT2D eigenvalue weighted by molar-refractivity contribution is 5.45. The van der Waals surface area contributed by atoms with E-state index in [0.29, 0.717) is 0 Å². The van der Waals surface area contributed by atoms with Crippen molar-refractivity contribution in [3.8, 4) is 0 Å². The highest BCUT2D eigenvalue weighted by atomic mass is 15.4. The summed E-state index contributed by atoms with van der Waals surface area (Å²) in [6.45, 7) is 8.07. The molecule has 0 atom stereocenters. The van der Waals surface area contributed by atoms with Crippen molar-refractivity contribution in [2.45, 2.75) is 19.8 Å². The number of piperazine rings is 1. The summed E-state index contributed by atoms with van der Waals surface area (Å²) in [4.78, 5) is 16.1. The molecule has 132 valence electrons. The lowest BCUT2D eigenvalue weighted by Gasteiger charge is -2.36. The predicted molar refractivity (Wildman–Crippen MR) is 99.1 cm³/mol. The molecule has 4 rings (SSSR count). The van der Waals surface area contributed by atoms with Gasteiger partial charge in [0.2, 0.25) is 5.95 Å². The van der Waals surface area contributed by atoms with E-state index in [1.165, 1.54) is 12.8 Å². The Morgan fingerprint density at radius 1 is 0.880 bits per heavy atom. The van der Waals surface area contributed by atoms with Crippen LogP contribution in [0.15, 0.2) is 30.6 Å². The topological polar surface area (TPSA) is 61.3 Å². The van der Waals surface area contributed by atoms with E-state index in [2.05, 4.69) is 42.9 Å². The van der Waals surface area contributed by atoms with E-state index in [1.54, 1.807) is 6.20 Å². The number of nitrogens with zero attached hydrogens (tertiary/aromatic N) is 7. The summed E-state index contributed by atoms with van der Waals surface area (Å²) in [5.74, 6) is 3.56. The first-order valence-electron chi connectivity index (χ1n) is 9.15. The first kappa shape index (κ1) is 16.1. The van der Waals surface area contributed by atoms with Crippen molar-refractivity contribution in [2.24, 2.45) is 5.92 Å². The molecule has 2 aromatic rings. The number of anilines is 3. The molecule has 7 heteroatoms. The lowest BCUT2D eigenvalue weighted by atomic mass is 9.99. The zero-order valence-electron chi connectivity index (χ0n) is 14.8. The quantitative estimate of drug-likeness (QED) is 0.845. The highest BCUT2D eigenvalue weighted by Crippen LogP contribution is 2.22. The highest BCUT2D eigenvalue weighted by Gasteiger charge is 2.22. The summed E-state index contributed by atoms with van der Waals surface area (Å²) in [6, 6.07) is 6.04. The van der Waals surface area contributed by atoms with Gasteiger partial charge in [-0.15, -0.1) is 5.10 Å². The van der Waals surface area contributed by atoms with Crippen LogP contribution in [0.5, 0.6) is 0 Å². The smallest absolute Gasteiger partial charge is 0.247 e. The number of piperidine rings is 1. The third-order valence-corrected chi connectivity index (χ3v) is 5.18. The normalized spacial score (nSPS) is 19.3. The second-order valence-corrected chi connectivity index (χ2v) is 6.95. The molecule has 2 saturated heterocycles. The van der Waals surface area contributed by atoms with Crippen LogP contribution < -0.4 is 14.7 Å². The molecule has 4 heterocycles. The molecule has 0 spiro atoms. The maximum atomic E-state index is 4.79. The Morgan fingerprint density at radius 3 is 2.32 bits per heavy atom. The molecule has 0 N–H and O–H groups in total. The summed E-state index contributed by atoms with van der Waals surface area (Å²) in [5.41, 5.74) is 0. The fourth-order valence-corrected chi connectivity index (χ4v) is 3.49. The average molecular weight is 339 g/mol. The Bertz CT molecular complexity index is 677. The number of hydrogen-bond donors (Lipinski definition) is 0. The van der Waals surface area contributed by atoms with Crippen molar-refractivity contribution < 1.29 is 0 Å². The molecular formula is C18H25N7. The maximum absolute atomic E-state index is 4.79. The van der Waals surface area contributed by atoms with Crippen molar-refractivity contribution >= 4 is 17.6 Å². The fraction of sp³-hybridized carbons (Fsp3) is 0.556. The van der Waals surface area contributed by atoms with Gasteiger partial charge < -0.3 is 14.7 Å². The summed E-state index contributed by atoms with van der Waals surface area (Å²) < 4.78 is 0. The average Bonchev–Trinajstić information content (AvgIpc) is 2.69. The number of rotatable bonds is 3. The second-order valence-electron chi connectivity index (χ2n) is 6.95. The van der Waals surface area contributed by atoms with Gasteiger partial charge >= 0.3 is 0 Å². The minimum Gasteiger partial charge on any atom is -0.355 e. The van der Waals surface area contributed by atoms with E-state index in [1.807, 2.05) is 18.3 Å². The maximum Gasteiger partial charge on any atom is 0.247 e. The lowest BCUT2D eigenvalue weighted by Crippen LogP contribution is -2.47. The van der Waals surface area contributed by atoms with Gasteiger partial charge in [-0.1, -0.05) is 13.0 Å². The van der Waals surface area contributed by atoms with E-state index in [9.17, 15) is 0 Å². The number of pyridine rings is 1. The Kier molecular flexibility index (Phi) is 4.63. The van der Waals surface area contributed by atoms with Crippen molar-refractivity contribution in [1.29, 1.82) is 0 Å². The molecule has 0 aromatic carbocycles. The van der Waals surface area contributed by atoms with Crippen LogP contribution in [0.3, 0.4) is 0 Å². The lowest BCUT2D eigenvalue weighted by molar-refractivity contribution is 0.436. The van der Waals surface area contributed by atoms with E-state index in [0.717, 1.165) is 62.8 Å². The van der Waals surface area contributed by atoms with Gasteiger partial charge in [0.15, 0.2) is 5.82 Å². The SMILES string of the molecule is CC1CCN(c2cnnc(N3CCN(c4ccccn4)CC3)n2)CC1. The Labute approximate surface area is 148 Å². The van der Waals surface area contributed by atoms with Crippen LogP contribution >= 0.6 is 0 Å². The largest absolute Gasteiger partial charge is 0.355 e. The van der Waals surface area contributed by atoms with E-state index < -0.39 is 0 Å². The second kappa shape index (κ2) is 7.21. The summed E-state index contributed by atoms with van der Waals surface area (Å²) >= 11 is 0. The monoisotopic (exact) mass is 339 g/mol. The Balaban J connectivity index is 1.40. The van der Waals surface area contributed by atoms with Crippen LogP contribution in [0.1, 0.15) is 19.8 Å². The molecule has 2 fully saturated rings. The zero-order chi connectivity index (χ0) is 17.1. The Hall–Kier alpha value is -2.44. The molecule has 25 heavy (non-hydrogen) atoms. The summed E-state index contributed by atoms with van der Waals surface area (Å²) in [7, 11) is 0. The number of hydrogen-bond acceptors (Lipinski definition) is 7. The predicted octanol–water partition coefficient (Wildman–Crippen LogP) is 1.83. The summed E-state index contributed by atoms with van der Waals surface area (Å²) in [5, 5.41) is 8.48. The van der Waals surface area contributed by atoms with Gasteiger partial charge in [-0.25, -0.2) is 4.98 Å². The molecule has 0 amide bonds. The Morgan fingerprint density at radius 2 is 1.60 bits per heavy atom. The molecular weight excluding hydrogens is 314 g/mol. The van der Waals surface area contributed by atoms with Crippen molar-refractivity contribution in [2.75, 3.05) is 54.0 Å². The van der Waals surface area contributed by atoms with Crippen molar-refractivity contribution in [3.63, 3.8) is 0 Å². The third kappa shape index (κ3) is 3.65. The van der Waals surface area contributed by atoms with E-state index in [4.69, 9.17) is 4.98 Å². The van der Waals surface area contributed by atoms with Gasteiger partial charge in [0, 0.05) is 45.5 Å². The number of aromatic nitrogens is 4. The summed E-state index contributed by atoms with van der Waals surface area (Å²) in [6.07, 6.45) is 6.09. The minimum atomic E-state index is 0.747. The van der Waals surface area contributed by atoms with Crippen molar-refractivity contribution in [1.82, 2.24) is 20.2 Å². The van der Waals surface area contributed by atoms with Gasteiger partial charge in [0.05, 0.1) is 6.20 Å². The third-order valence-electron chi connectivity index (χ3n) is 5.18. The van der Waals surface area contributed by atoms with Crippen LogP contribution in [-0.2, 0) is 0 Å². The van der Waals surface area contributed by atoms with Gasteiger partial charge in [0.25, 0.3) is 0 Å². The molecule has 0 saturated carbocycles. The van der Waals surface area contributed by atoms with Crippen LogP contribution in [-0.4, -0.2) is 59.4 Å². The molecule has 2 aliphatic heterocycles. The molecule has 2 aliphatic rings. The standard InChI is InChI=1S/C18H25N7/c1-15-5-8-23(9-6-15)17-14-20-22-18(21-17)25-12-10-24(11-13-25)16-4-2-3-7-19-16/h2-4,7,14-15H,5-6,8-13H2,1H3. The van der Waals surface area contributed by atoms with Crippen LogP contribution in [0, 0.1) is 5.92 Å². The van der Waals surface area contributed by atoms with Crippen molar-refractivity contribution in [3.05, 3.63) is 30.6 Å². The van der Waals surface area contributed by atoms with Crippen LogP contribution in [0.25, 0.3) is 0 Å². The molecule has 0 aliphatic carbocycles. The van der Waals surface area contributed by atoms with E-state index >= 15 is 0 Å². The van der Waals surface area contributed by atoms with Crippen LogP contribution in [0.2, 0.25) is 0 Å². The van der Waals surface area contributed by atoms with Gasteiger partial charge in [-0.05, 0) is 30.9 Å². The molecule has 0 bridgehead atoms. The first-order chi connectivity index (χ1) is 12.3. The van der Waals surface area contributed by atoms with Gasteiger partial charge in [-0.2, -0.15) is 10.1 Å². The first-order valence-corrected chi connectivity index (χ1v) is 9.15. The molecule has 2 aromatic heterocycles. The van der Waals surface area contributed by atoms with Gasteiger partial charge in [0.1, 0.15) is 5.82 Å². The molecule has 0 unspecified atom stereocenters. The molecule has 7 nitrogen and oxygen atoms in total. The molecule has 0 radical (unpaired) electrons. The van der Waals surface area contributed by atoms with Gasteiger partial charge in [-0.3, -0.25) is 0 Å². The zero-order valence-corrected chi connectivity index (χ0v) is 14.8. The minimum absolute atomic E-state index is 0.747. The fourth-order valence-electron chi connectivity index (χ4n) is 3.49.